The van der Waals surface area contributed by atoms with Crippen LogP contribution >= 0.6 is 11.6 Å². The summed E-state index contributed by atoms with van der Waals surface area (Å²) in [6, 6.07) is 5.80. The van der Waals surface area contributed by atoms with E-state index < -0.39 is 0 Å². The lowest BCUT2D eigenvalue weighted by atomic mass is 10.2. The molecule has 1 aromatic carbocycles. The van der Waals surface area contributed by atoms with Crippen molar-refractivity contribution in [2.75, 3.05) is 0 Å². The third kappa shape index (κ3) is 2.78. The Morgan fingerprint density at radius 1 is 1.46 bits per heavy atom. The Morgan fingerprint density at radius 2 is 2.23 bits per heavy atom. The largest absolute Gasteiger partial charge is 0.207 e. The van der Waals surface area contributed by atoms with Gasteiger partial charge in [0.1, 0.15) is 5.82 Å². The summed E-state index contributed by atoms with van der Waals surface area (Å²) in [5.41, 5.74) is 0.414. The first-order valence-electron chi connectivity index (χ1n) is 3.55. The zero-order valence-electron chi connectivity index (χ0n) is 6.64. The van der Waals surface area contributed by atoms with Crippen LogP contribution in [0.5, 0.6) is 0 Å². The fraction of sp³-hybridized carbons (Fsp3) is 0.100. The highest BCUT2D eigenvalue weighted by Crippen LogP contribution is 2.15. The van der Waals surface area contributed by atoms with Crippen molar-refractivity contribution in [2.45, 2.75) is 6.42 Å². The fourth-order valence-electron chi connectivity index (χ4n) is 0.772. The van der Waals surface area contributed by atoms with Crippen molar-refractivity contribution in [3.8, 4) is 17.9 Å². The molecule has 0 atom stereocenters. The number of nitrogens with zero attached hydrogens (tertiary/aromatic N) is 1. The number of hydrogen-bond acceptors (Lipinski definition) is 1. The van der Waals surface area contributed by atoms with E-state index in [1.807, 2.05) is 6.07 Å². The second-order valence-electron chi connectivity index (χ2n) is 2.26. The molecule has 0 aromatic heterocycles. The van der Waals surface area contributed by atoms with E-state index in [1.165, 1.54) is 18.2 Å². The molecule has 3 heteroatoms. The minimum absolute atomic E-state index is 0.118. The van der Waals surface area contributed by atoms with E-state index in [0.29, 0.717) is 10.6 Å². The first kappa shape index (κ1) is 9.58. The Labute approximate surface area is 80.8 Å². The molecule has 0 fully saturated rings. The molecule has 0 aliphatic rings. The van der Waals surface area contributed by atoms with Gasteiger partial charge in [0, 0.05) is 5.56 Å². The molecule has 0 unspecified atom stereocenters. The first-order valence-corrected chi connectivity index (χ1v) is 3.92. The van der Waals surface area contributed by atoms with Crippen LogP contribution in [0.1, 0.15) is 12.0 Å². The highest BCUT2D eigenvalue weighted by Gasteiger charge is 1.97. The monoisotopic (exact) mass is 193 g/mol. The molecule has 0 saturated heterocycles. The van der Waals surface area contributed by atoms with Crippen LogP contribution in [-0.2, 0) is 0 Å². The summed E-state index contributed by atoms with van der Waals surface area (Å²) < 4.78 is 12.7. The molecule has 0 aliphatic heterocycles. The van der Waals surface area contributed by atoms with Gasteiger partial charge >= 0.3 is 0 Å². The molecule has 64 valence electrons. The van der Waals surface area contributed by atoms with Crippen LogP contribution in [0.2, 0.25) is 5.02 Å². The van der Waals surface area contributed by atoms with Crippen molar-refractivity contribution in [1.29, 1.82) is 5.26 Å². The van der Waals surface area contributed by atoms with E-state index in [4.69, 9.17) is 16.9 Å². The van der Waals surface area contributed by atoms with Crippen molar-refractivity contribution in [2.24, 2.45) is 0 Å². The maximum atomic E-state index is 12.7. The average Bonchev–Trinajstić information content (AvgIpc) is 2.11. The molecule has 0 amide bonds. The van der Waals surface area contributed by atoms with Crippen LogP contribution in [0.3, 0.4) is 0 Å². The zero-order chi connectivity index (χ0) is 9.68. The lowest BCUT2D eigenvalue weighted by Gasteiger charge is -1.94. The molecule has 1 aromatic rings. The summed E-state index contributed by atoms with van der Waals surface area (Å²) in [4.78, 5) is 0. The average molecular weight is 194 g/mol. The van der Waals surface area contributed by atoms with Gasteiger partial charge in [-0.25, -0.2) is 4.39 Å². The second-order valence-corrected chi connectivity index (χ2v) is 2.67. The Balaban J connectivity index is 2.97. The van der Waals surface area contributed by atoms with Crippen LogP contribution in [0.25, 0.3) is 0 Å². The fourth-order valence-corrected chi connectivity index (χ4v) is 0.937. The number of halogens is 2. The summed E-state index contributed by atoms with van der Waals surface area (Å²) in [5, 5.41) is 8.60. The Bertz CT molecular complexity index is 409. The van der Waals surface area contributed by atoms with E-state index in [2.05, 4.69) is 11.8 Å². The third-order valence-electron chi connectivity index (χ3n) is 1.32. The predicted octanol–water partition coefficient (Wildman–Crippen LogP) is 2.74. The highest BCUT2D eigenvalue weighted by atomic mass is 35.5. The van der Waals surface area contributed by atoms with Crippen molar-refractivity contribution >= 4 is 11.6 Å². The molecular weight excluding hydrogens is 189 g/mol. The number of nitriles is 1. The van der Waals surface area contributed by atoms with Crippen molar-refractivity contribution in [3.05, 3.63) is 34.6 Å². The summed E-state index contributed by atoms with van der Waals surface area (Å²) in [6.07, 6.45) is 0.118. The molecule has 0 saturated carbocycles. The summed E-state index contributed by atoms with van der Waals surface area (Å²) >= 11 is 5.72. The predicted molar refractivity (Wildman–Crippen MR) is 48.5 cm³/mol. The molecular formula is C10H5ClFN. The van der Waals surface area contributed by atoms with Gasteiger partial charge in [0.05, 0.1) is 17.5 Å². The smallest absolute Gasteiger partial charge is 0.124 e. The molecule has 0 heterocycles. The van der Waals surface area contributed by atoms with Gasteiger partial charge in [-0.3, -0.25) is 0 Å². The van der Waals surface area contributed by atoms with Crippen molar-refractivity contribution < 1.29 is 4.39 Å². The molecule has 0 aliphatic carbocycles. The van der Waals surface area contributed by atoms with Crippen LogP contribution in [-0.4, -0.2) is 0 Å². The number of hydrogen-bond donors (Lipinski definition) is 0. The van der Waals surface area contributed by atoms with Gasteiger partial charge in [-0.05, 0) is 18.2 Å². The van der Waals surface area contributed by atoms with Crippen LogP contribution < -0.4 is 0 Å². The van der Waals surface area contributed by atoms with Gasteiger partial charge in [0.2, 0.25) is 0 Å². The van der Waals surface area contributed by atoms with E-state index in [-0.39, 0.29) is 12.2 Å². The van der Waals surface area contributed by atoms with Gasteiger partial charge in [0.15, 0.2) is 0 Å². The van der Waals surface area contributed by atoms with E-state index in [0.717, 1.165) is 0 Å². The zero-order valence-corrected chi connectivity index (χ0v) is 7.40. The van der Waals surface area contributed by atoms with Gasteiger partial charge in [0.25, 0.3) is 0 Å². The van der Waals surface area contributed by atoms with Gasteiger partial charge < -0.3 is 0 Å². The lowest BCUT2D eigenvalue weighted by Crippen LogP contribution is -1.79. The number of rotatable bonds is 0. The Hall–Kier alpha value is -1.51. The molecule has 1 rings (SSSR count). The Kier molecular flexibility index (Phi) is 3.31. The summed E-state index contributed by atoms with van der Waals surface area (Å²) in [5.74, 6) is 4.78. The lowest BCUT2D eigenvalue weighted by molar-refractivity contribution is 0.627. The molecule has 0 radical (unpaired) electrons. The van der Waals surface area contributed by atoms with Gasteiger partial charge in [-0.2, -0.15) is 5.26 Å². The van der Waals surface area contributed by atoms with Crippen LogP contribution in [0, 0.1) is 29.0 Å². The molecule has 1 nitrogen and oxygen atoms in total. The van der Waals surface area contributed by atoms with Crippen LogP contribution in [0.4, 0.5) is 4.39 Å². The van der Waals surface area contributed by atoms with Gasteiger partial charge in [-0.15, -0.1) is 0 Å². The van der Waals surface area contributed by atoms with Gasteiger partial charge in [-0.1, -0.05) is 23.4 Å². The molecule has 0 spiro atoms. The summed E-state index contributed by atoms with van der Waals surface area (Å²) in [6.45, 7) is 0. The second kappa shape index (κ2) is 4.50. The molecule has 13 heavy (non-hydrogen) atoms. The SMILES string of the molecule is N#CCC#Cc1cc(F)ccc1Cl. The topological polar surface area (TPSA) is 23.8 Å². The minimum Gasteiger partial charge on any atom is -0.207 e. The standard InChI is InChI=1S/C10H5ClFN/c11-10-5-4-9(12)7-8(10)3-1-2-6-13/h4-5,7H,2H2. The summed E-state index contributed by atoms with van der Waals surface area (Å²) in [7, 11) is 0. The van der Waals surface area contributed by atoms with Crippen molar-refractivity contribution in [3.63, 3.8) is 0 Å². The number of benzene rings is 1. The van der Waals surface area contributed by atoms with Crippen LogP contribution in [0.15, 0.2) is 18.2 Å². The maximum Gasteiger partial charge on any atom is 0.124 e. The molecule has 0 N–H and O–H groups in total. The van der Waals surface area contributed by atoms with Crippen molar-refractivity contribution in [1.82, 2.24) is 0 Å². The highest BCUT2D eigenvalue weighted by molar-refractivity contribution is 6.31. The normalized spacial score (nSPS) is 8.38. The molecule has 0 bridgehead atoms. The van der Waals surface area contributed by atoms with E-state index in [9.17, 15) is 4.39 Å². The maximum absolute atomic E-state index is 12.7. The minimum atomic E-state index is -0.384. The third-order valence-corrected chi connectivity index (χ3v) is 1.65. The first-order chi connectivity index (χ1) is 6.24. The quantitative estimate of drug-likeness (QED) is 0.582. The van der Waals surface area contributed by atoms with E-state index >= 15 is 0 Å². The van der Waals surface area contributed by atoms with E-state index in [1.54, 1.807) is 0 Å². The Morgan fingerprint density at radius 3 is 2.92 bits per heavy atom.